The molecule has 1 aromatic heterocycles. The lowest BCUT2D eigenvalue weighted by molar-refractivity contribution is -0.113. The normalized spacial score (nSPS) is 11.5. The Bertz CT molecular complexity index is 1290. The lowest BCUT2D eigenvalue weighted by Gasteiger charge is -2.18. The molecule has 3 aromatic carbocycles. The van der Waals surface area contributed by atoms with E-state index in [1.807, 2.05) is 36.4 Å². The quantitative estimate of drug-likeness (QED) is 0.265. The van der Waals surface area contributed by atoms with Gasteiger partial charge in [-0.3, -0.25) is 4.79 Å². The maximum Gasteiger partial charge on any atom is 0.248 e. The van der Waals surface area contributed by atoms with Crippen molar-refractivity contribution in [3.63, 3.8) is 0 Å². The molecule has 8 heteroatoms. The first-order chi connectivity index (χ1) is 16.7. The Morgan fingerprint density at radius 3 is 1.97 bits per heavy atom. The van der Waals surface area contributed by atoms with Gasteiger partial charge in [-0.05, 0) is 65.1 Å². The Balaban J connectivity index is 1.33. The summed E-state index contributed by atoms with van der Waals surface area (Å²) < 4.78 is 5.88. The average molecular weight is 526 g/mol. The van der Waals surface area contributed by atoms with Crippen LogP contribution in [0.15, 0.2) is 71.1 Å². The molecule has 0 fully saturated rings. The van der Waals surface area contributed by atoms with Crippen LogP contribution in [0.4, 0.5) is 5.69 Å². The van der Waals surface area contributed by atoms with Crippen LogP contribution in [0.1, 0.15) is 31.9 Å². The summed E-state index contributed by atoms with van der Waals surface area (Å²) >= 11 is 13.8. The van der Waals surface area contributed by atoms with Gasteiger partial charge in [-0.25, -0.2) is 0 Å². The van der Waals surface area contributed by atoms with Crippen LogP contribution in [-0.2, 0) is 16.0 Å². The first-order valence-electron chi connectivity index (χ1n) is 11.1. The predicted molar refractivity (Wildman–Crippen MR) is 145 cm³/mol. The molecule has 0 radical (unpaired) electrons. The number of carbonyl (C=O) groups is 1. The van der Waals surface area contributed by atoms with Gasteiger partial charge < -0.3 is 9.73 Å². The molecule has 0 saturated carbocycles. The van der Waals surface area contributed by atoms with Crippen molar-refractivity contribution < 1.29 is 9.21 Å². The van der Waals surface area contributed by atoms with E-state index in [-0.39, 0.29) is 17.1 Å². The first-order valence-corrected chi connectivity index (χ1v) is 13.0. The van der Waals surface area contributed by atoms with Gasteiger partial charge in [0.1, 0.15) is 0 Å². The molecular formula is C27H25Cl2N3O2S. The predicted octanol–water partition coefficient (Wildman–Crippen LogP) is 7.88. The second-order valence-electron chi connectivity index (χ2n) is 9.06. The molecule has 1 amide bonds. The second kappa shape index (κ2) is 10.9. The zero-order valence-corrected chi connectivity index (χ0v) is 22.0. The molecule has 0 aliphatic rings. The fourth-order valence-corrected chi connectivity index (χ4v) is 4.94. The number of nitrogens with one attached hydrogen (secondary N) is 1. The standard InChI is InChI=1S/C27H25Cl2N3O2S/c1-27(2,3)19-11-7-17(8-12-19)25-31-32-26(34-25)18-9-13-20(14-10-18)30-24(33)16-35-15-21-22(28)5-4-6-23(21)29/h4-14H,15-16H2,1-3H3,(H,30,33). The van der Waals surface area contributed by atoms with Gasteiger partial charge in [0.25, 0.3) is 0 Å². The number of amides is 1. The van der Waals surface area contributed by atoms with Crippen molar-refractivity contribution in [2.75, 3.05) is 11.1 Å². The van der Waals surface area contributed by atoms with Crippen molar-refractivity contribution in [1.29, 1.82) is 0 Å². The molecule has 1 N–H and O–H groups in total. The van der Waals surface area contributed by atoms with Gasteiger partial charge >= 0.3 is 0 Å². The maximum atomic E-state index is 12.3. The van der Waals surface area contributed by atoms with E-state index in [0.29, 0.717) is 33.3 Å². The summed E-state index contributed by atoms with van der Waals surface area (Å²) in [5, 5.41) is 12.5. The van der Waals surface area contributed by atoms with Crippen LogP contribution in [0.5, 0.6) is 0 Å². The first kappa shape index (κ1) is 25.3. The molecule has 1 heterocycles. The largest absolute Gasteiger partial charge is 0.416 e. The van der Waals surface area contributed by atoms with Crippen LogP contribution >= 0.6 is 35.0 Å². The van der Waals surface area contributed by atoms with Crippen molar-refractivity contribution in [3.05, 3.63) is 87.9 Å². The number of halogens is 2. The molecule has 0 saturated heterocycles. The summed E-state index contributed by atoms with van der Waals surface area (Å²) in [6.45, 7) is 6.53. The minimum absolute atomic E-state index is 0.0811. The van der Waals surface area contributed by atoms with E-state index in [9.17, 15) is 4.79 Å². The molecule has 35 heavy (non-hydrogen) atoms. The van der Waals surface area contributed by atoms with Crippen molar-refractivity contribution in [2.45, 2.75) is 31.9 Å². The maximum absolute atomic E-state index is 12.3. The molecule has 4 rings (SSSR count). The van der Waals surface area contributed by atoms with Gasteiger partial charge in [0.15, 0.2) is 0 Å². The summed E-state index contributed by atoms with van der Waals surface area (Å²) in [5.41, 5.74) is 4.49. The van der Waals surface area contributed by atoms with Crippen LogP contribution in [0.25, 0.3) is 22.9 Å². The van der Waals surface area contributed by atoms with E-state index >= 15 is 0 Å². The number of nitrogens with zero attached hydrogens (tertiary/aromatic N) is 2. The van der Waals surface area contributed by atoms with E-state index < -0.39 is 0 Å². The SMILES string of the molecule is CC(C)(C)c1ccc(-c2nnc(-c3ccc(NC(=O)CSCc4c(Cl)cccc4Cl)cc3)o2)cc1. The third-order valence-corrected chi connectivity index (χ3v) is 7.05. The fraction of sp³-hybridized carbons (Fsp3) is 0.222. The number of aromatic nitrogens is 2. The van der Waals surface area contributed by atoms with Crippen molar-refractivity contribution in [2.24, 2.45) is 0 Å². The minimum atomic E-state index is -0.107. The Morgan fingerprint density at radius 1 is 0.886 bits per heavy atom. The molecule has 180 valence electrons. The van der Waals surface area contributed by atoms with Crippen LogP contribution in [0, 0.1) is 0 Å². The van der Waals surface area contributed by atoms with Gasteiger partial charge in [0.2, 0.25) is 17.7 Å². The monoisotopic (exact) mass is 525 g/mol. The smallest absolute Gasteiger partial charge is 0.248 e. The molecule has 0 aliphatic carbocycles. The summed E-state index contributed by atoms with van der Waals surface area (Å²) in [7, 11) is 0. The van der Waals surface area contributed by atoms with E-state index in [1.54, 1.807) is 18.2 Å². The highest BCUT2D eigenvalue weighted by Gasteiger charge is 2.15. The number of rotatable bonds is 7. The molecule has 0 aliphatic heterocycles. The fourth-order valence-electron chi connectivity index (χ4n) is 3.38. The van der Waals surface area contributed by atoms with Crippen LogP contribution < -0.4 is 5.32 Å². The van der Waals surface area contributed by atoms with Gasteiger partial charge in [-0.1, -0.05) is 62.2 Å². The molecular weight excluding hydrogens is 501 g/mol. The van der Waals surface area contributed by atoms with Crippen LogP contribution in [-0.4, -0.2) is 21.9 Å². The molecule has 0 bridgehead atoms. The average Bonchev–Trinajstić information content (AvgIpc) is 3.31. The van der Waals surface area contributed by atoms with Gasteiger partial charge in [-0.15, -0.1) is 22.0 Å². The van der Waals surface area contributed by atoms with E-state index in [0.717, 1.165) is 16.7 Å². The number of hydrogen-bond donors (Lipinski definition) is 1. The zero-order valence-electron chi connectivity index (χ0n) is 19.6. The van der Waals surface area contributed by atoms with Crippen LogP contribution in [0.2, 0.25) is 10.0 Å². The summed E-state index contributed by atoms with van der Waals surface area (Å²) in [4.78, 5) is 12.3. The Hall–Kier alpha value is -2.80. The van der Waals surface area contributed by atoms with E-state index in [1.165, 1.54) is 17.3 Å². The summed E-state index contributed by atoms with van der Waals surface area (Å²) in [5.74, 6) is 1.62. The molecule has 0 unspecified atom stereocenters. The number of thioether (sulfide) groups is 1. The lowest BCUT2D eigenvalue weighted by Crippen LogP contribution is -2.14. The highest BCUT2D eigenvalue weighted by Crippen LogP contribution is 2.29. The molecule has 0 spiro atoms. The molecule has 5 nitrogen and oxygen atoms in total. The highest BCUT2D eigenvalue weighted by atomic mass is 35.5. The van der Waals surface area contributed by atoms with Gasteiger partial charge in [-0.2, -0.15) is 0 Å². The van der Waals surface area contributed by atoms with Gasteiger partial charge in [0, 0.05) is 32.6 Å². The topological polar surface area (TPSA) is 68.0 Å². The summed E-state index contributed by atoms with van der Waals surface area (Å²) in [6, 6.07) is 20.8. The lowest BCUT2D eigenvalue weighted by atomic mass is 9.87. The second-order valence-corrected chi connectivity index (χ2v) is 10.9. The Labute approximate surface area is 219 Å². The molecule has 4 aromatic rings. The van der Waals surface area contributed by atoms with Crippen LogP contribution in [0.3, 0.4) is 0 Å². The third-order valence-electron chi connectivity index (χ3n) is 5.38. The number of benzene rings is 3. The number of anilines is 1. The Kier molecular flexibility index (Phi) is 7.85. The van der Waals surface area contributed by atoms with E-state index in [4.69, 9.17) is 27.6 Å². The molecule has 0 atom stereocenters. The van der Waals surface area contributed by atoms with Gasteiger partial charge in [0.05, 0.1) is 5.75 Å². The zero-order chi connectivity index (χ0) is 25.0. The minimum Gasteiger partial charge on any atom is -0.416 e. The summed E-state index contributed by atoms with van der Waals surface area (Å²) in [6.07, 6.45) is 0. The van der Waals surface area contributed by atoms with E-state index in [2.05, 4.69) is 48.4 Å². The Morgan fingerprint density at radius 2 is 1.43 bits per heavy atom. The number of carbonyl (C=O) groups excluding carboxylic acids is 1. The number of hydrogen-bond acceptors (Lipinski definition) is 5. The highest BCUT2D eigenvalue weighted by molar-refractivity contribution is 7.99. The van der Waals surface area contributed by atoms with Crippen molar-refractivity contribution >= 4 is 46.6 Å². The van der Waals surface area contributed by atoms with Crippen molar-refractivity contribution in [1.82, 2.24) is 10.2 Å². The van der Waals surface area contributed by atoms with Crippen molar-refractivity contribution in [3.8, 4) is 22.9 Å². The third kappa shape index (κ3) is 6.45.